The van der Waals surface area contributed by atoms with Gasteiger partial charge in [-0.2, -0.15) is 0 Å². The maximum Gasteiger partial charge on any atom is 0.229 e. The molecule has 0 amide bonds. The molecule has 1 atom stereocenters. The van der Waals surface area contributed by atoms with Gasteiger partial charge in [0.25, 0.3) is 0 Å². The van der Waals surface area contributed by atoms with Crippen LogP contribution in [0.4, 0.5) is 5.69 Å². The largest absolute Gasteiger partial charge is 0.506 e. The average Bonchev–Trinajstić information content (AvgIpc) is 2.07. The molecule has 6 nitrogen and oxygen atoms in total. The highest BCUT2D eigenvalue weighted by atomic mass is 32.2. The molecule has 1 rings (SSSR count). The second-order valence-corrected chi connectivity index (χ2v) is 5.25. The van der Waals surface area contributed by atoms with Crippen LogP contribution in [0.1, 0.15) is 5.56 Å². The van der Waals surface area contributed by atoms with Crippen LogP contribution in [0.15, 0.2) is 18.2 Å². The summed E-state index contributed by atoms with van der Waals surface area (Å²) in [6, 6.07) is 4.32. The van der Waals surface area contributed by atoms with Gasteiger partial charge in [0, 0.05) is 6.42 Å². The Morgan fingerprint density at radius 2 is 2.12 bits per heavy atom. The summed E-state index contributed by atoms with van der Waals surface area (Å²) in [5.41, 5.74) is 5.89. The van der Waals surface area contributed by atoms with Crippen LogP contribution in [-0.2, 0) is 16.4 Å². The number of aliphatic hydroxyl groups excluding tert-OH is 1. The average molecular weight is 246 g/mol. The van der Waals surface area contributed by atoms with E-state index in [1.807, 2.05) is 0 Å². The molecule has 0 aliphatic carbocycles. The van der Waals surface area contributed by atoms with Crippen LogP contribution in [0.5, 0.6) is 5.75 Å². The van der Waals surface area contributed by atoms with Crippen LogP contribution in [0.2, 0.25) is 0 Å². The SMILES string of the molecule is CS(=O)(=O)Nc1cc(CC(N)O)ccc1O. The predicted molar refractivity (Wildman–Crippen MR) is 60.5 cm³/mol. The minimum atomic E-state index is -3.45. The Kier molecular flexibility index (Phi) is 3.74. The first kappa shape index (κ1) is 12.8. The Morgan fingerprint density at radius 3 is 2.62 bits per heavy atom. The normalized spacial score (nSPS) is 13.4. The summed E-state index contributed by atoms with van der Waals surface area (Å²) < 4.78 is 24.1. The molecule has 1 aromatic carbocycles. The molecule has 0 heterocycles. The Labute approximate surface area is 93.8 Å². The van der Waals surface area contributed by atoms with Gasteiger partial charge in [0.2, 0.25) is 10.0 Å². The van der Waals surface area contributed by atoms with Gasteiger partial charge in [-0.15, -0.1) is 0 Å². The monoisotopic (exact) mass is 246 g/mol. The van der Waals surface area contributed by atoms with Gasteiger partial charge in [-0.05, 0) is 17.7 Å². The number of nitrogens with two attached hydrogens (primary N) is 1. The number of benzene rings is 1. The van der Waals surface area contributed by atoms with E-state index in [2.05, 4.69) is 4.72 Å². The summed E-state index contributed by atoms with van der Waals surface area (Å²) in [5, 5.41) is 18.4. The zero-order valence-corrected chi connectivity index (χ0v) is 9.53. The number of phenols is 1. The molecule has 0 aliphatic rings. The molecular weight excluding hydrogens is 232 g/mol. The summed E-state index contributed by atoms with van der Waals surface area (Å²) in [6.07, 6.45) is 0.144. The molecular formula is C9H14N2O4S. The lowest BCUT2D eigenvalue weighted by Gasteiger charge is -2.10. The van der Waals surface area contributed by atoms with E-state index in [0.29, 0.717) is 5.56 Å². The Balaban J connectivity index is 2.99. The third-order valence-electron chi connectivity index (χ3n) is 1.80. The van der Waals surface area contributed by atoms with E-state index in [9.17, 15) is 13.5 Å². The van der Waals surface area contributed by atoms with Crippen molar-refractivity contribution in [3.8, 4) is 5.75 Å². The van der Waals surface area contributed by atoms with Crippen molar-refractivity contribution in [3.05, 3.63) is 23.8 Å². The maximum absolute atomic E-state index is 11.0. The van der Waals surface area contributed by atoms with E-state index < -0.39 is 16.3 Å². The quantitative estimate of drug-likeness (QED) is 0.426. The molecule has 1 aromatic rings. The van der Waals surface area contributed by atoms with E-state index in [-0.39, 0.29) is 17.9 Å². The summed E-state index contributed by atoms with van der Waals surface area (Å²) in [7, 11) is -3.45. The van der Waals surface area contributed by atoms with Gasteiger partial charge in [0.05, 0.1) is 11.9 Å². The molecule has 7 heteroatoms. The smallest absolute Gasteiger partial charge is 0.229 e. The van der Waals surface area contributed by atoms with Crippen LogP contribution in [0.3, 0.4) is 0 Å². The highest BCUT2D eigenvalue weighted by Crippen LogP contribution is 2.25. The molecule has 0 spiro atoms. The number of aromatic hydroxyl groups is 1. The van der Waals surface area contributed by atoms with Gasteiger partial charge < -0.3 is 15.9 Å². The van der Waals surface area contributed by atoms with Crippen LogP contribution in [0.25, 0.3) is 0 Å². The number of anilines is 1. The summed E-state index contributed by atoms with van der Waals surface area (Å²) in [5.74, 6) is -0.180. The van der Waals surface area contributed by atoms with Crippen LogP contribution >= 0.6 is 0 Å². The zero-order chi connectivity index (χ0) is 12.3. The first-order valence-corrected chi connectivity index (χ1v) is 6.40. The third kappa shape index (κ3) is 4.05. The molecule has 0 aromatic heterocycles. The van der Waals surface area contributed by atoms with E-state index >= 15 is 0 Å². The van der Waals surface area contributed by atoms with Gasteiger partial charge >= 0.3 is 0 Å². The number of nitrogens with one attached hydrogen (secondary N) is 1. The number of phenolic OH excluding ortho intramolecular Hbond substituents is 1. The fourth-order valence-corrected chi connectivity index (χ4v) is 1.80. The lowest BCUT2D eigenvalue weighted by Crippen LogP contribution is -2.21. The Hall–Kier alpha value is -1.31. The first-order chi connectivity index (χ1) is 7.28. The predicted octanol–water partition coefficient (Wildman–Crippen LogP) is -0.417. The van der Waals surface area contributed by atoms with Crippen molar-refractivity contribution in [2.24, 2.45) is 5.73 Å². The molecule has 0 radical (unpaired) electrons. The summed E-state index contributed by atoms with van der Waals surface area (Å²) in [6.45, 7) is 0. The lowest BCUT2D eigenvalue weighted by molar-refractivity contribution is 0.183. The van der Waals surface area contributed by atoms with Crippen molar-refractivity contribution in [1.82, 2.24) is 0 Å². The first-order valence-electron chi connectivity index (χ1n) is 4.51. The summed E-state index contributed by atoms with van der Waals surface area (Å²) >= 11 is 0. The van der Waals surface area contributed by atoms with Gasteiger partial charge in [0.15, 0.2) is 0 Å². The molecule has 0 saturated heterocycles. The summed E-state index contributed by atoms with van der Waals surface area (Å²) in [4.78, 5) is 0. The van der Waals surface area contributed by atoms with Gasteiger partial charge in [-0.3, -0.25) is 4.72 Å². The van der Waals surface area contributed by atoms with Crippen LogP contribution in [0, 0.1) is 0 Å². The molecule has 0 bridgehead atoms. The van der Waals surface area contributed by atoms with Crippen LogP contribution in [-0.4, -0.2) is 31.1 Å². The van der Waals surface area contributed by atoms with Gasteiger partial charge in [-0.25, -0.2) is 8.42 Å². The molecule has 0 saturated carbocycles. The van der Waals surface area contributed by atoms with E-state index in [0.717, 1.165) is 6.26 Å². The number of rotatable bonds is 4. The van der Waals surface area contributed by atoms with Crippen molar-refractivity contribution >= 4 is 15.7 Å². The number of hydrogen-bond acceptors (Lipinski definition) is 5. The minimum absolute atomic E-state index is 0.0700. The Morgan fingerprint density at radius 1 is 1.50 bits per heavy atom. The molecule has 0 fully saturated rings. The fraction of sp³-hybridized carbons (Fsp3) is 0.333. The zero-order valence-electron chi connectivity index (χ0n) is 8.71. The highest BCUT2D eigenvalue weighted by Gasteiger charge is 2.08. The maximum atomic E-state index is 11.0. The van der Waals surface area contributed by atoms with Gasteiger partial charge in [-0.1, -0.05) is 6.07 Å². The van der Waals surface area contributed by atoms with Gasteiger partial charge in [0.1, 0.15) is 12.0 Å². The minimum Gasteiger partial charge on any atom is -0.506 e. The van der Waals surface area contributed by atoms with E-state index in [1.165, 1.54) is 12.1 Å². The number of sulfonamides is 1. The number of aliphatic hydroxyl groups is 1. The van der Waals surface area contributed by atoms with Crippen molar-refractivity contribution in [2.45, 2.75) is 12.6 Å². The second-order valence-electron chi connectivity index (χ2n) is 3.50. The van der Waals surface area contributed by atoms with Crippen molar-refractivity contribution in [1.29, 1.82) is 0 Å². The van der Waals surface area contributed by atoms with Crippen molar-refractivity contribution in [2.75, 3.05) is 11.0 Å². The second kappa shape index (κ2) is 4.69. The van der Waals surface area contributed by atoms with Crippen molar-refractivity contribution in [3.63, 3.8) is 0 Å². The molecule has 90 valence electrons. The van der Waals surface area contributed by atoms with E-state index in [1.54, 1.807) is 6.07 Å². The van der Waals surface area contributed by atoms with E-state index in [4.69, 9.17) is 10.8 Å². The topological polar surface area (TPSA) is 113 Å². The van der Waals surface area contributed by atoms with Crippen molar-refractivity contribution < 1.29 is 18.6 Å². The highest BCUT2D eigenvalue weighted by molar-refractivity contribution is 7.92. The Bertz CT molecular complexity index is 470. The molecule has 16 heavy (non-hydrogen) atoms. The molecule has 0 aliphatic heterocycles. The lowest BCUT2D eigenvalue weighted by atomic mass is 10.1. The third-order valence-corrected chi connectivity index (χ3v) is 2.39. The fourth-order valence-electron chi connectivity index (χ4n) is 1.23. The van der Waals surface area contributed by atoms with Crippen LogP contribution < -0.4 is 10.5 Å². The molecule has 1 unspecified atom stereocenters. The molecule has 5 N–H and O–H groups in total. The number of hydrogen-bond donors (Lipinski definition) is 4. The standard InChI is InChI=1S/C9H14N2O4S/c1-16(14,15)11-7-4-6(5-9(10)13)2-3-8(7)12/h2-4,9,11-13H,5,10H2,1H3.